The lowest BCUT2D eigenvalue weighted by molar-refractivity contribution is -0.136. The van der Waals surface area contributed by atoms with Crippen molar-refractivity contribution >= 4 is 38.9 Å². The molecule has 3 rings (SSSR count). The Kier molecular flexibility index (Phi) is 4.86. The summed E-state index contributed by atoms with van der Waals surface area (Å²) in [6.07, 6.45) is 3.95. The molecule has 0 N–H and O–H groups in total. The second-order valence-electron chi connectivity index (χ2n) is 5.64. The van der Waals surface area contributed by atoms with Crippen molar-refractivity contribution in [2.45, 2.75) is 13.5 Å². The number of esters is 1. The Morgan fingerprint density at radius 1 is 1.17 bits per heavy atom. The average molecular weight is 384 g/mol. The number of para-hydroxylation sites is 1. The van der Waals surface area contributed by atoms with Gasteiger partial charge >= 0.3 is 5.97 Å². The topological polar surface area (TPSA) is 31.2 Å². The van der Waals surface area contributed by atoms with Gasteiger partial charge in [0.2, 0.25) is 0 Å². The van der Waals surface area contributed by atoms with Crippen LogP contribution in [0.5, 0.6) is 0 Å². The molecule has 0 unspecified atom stereocenters. The molecule has 0 spiro atoms. The molecular weight excluding hydrogens is 366 g/mol. The summed E-state index contributed by atoms with van der Waals surface area (Å²) in [5.41, 5.74) is 3.85. The fourth-order valence-electron chi connectivity index (χ4n) is 2.82. The predicted octanol–water partition coefficient (Wildman–Crippen LogP) is 4.97. The quantitative estimate of drug-likeness (QED) is 0.470. The van der Waals surface area contributed by atoms with Crippen LogP contribution in [0.25, 0.3) is 17.0 Å². The first-order valence-corrected chi connectivity index (χ1v) is 8.47. The zero-order valence-electron chi connectivity index (χ0n) is 13.6. The average Bonchev–Trinajstić information content (AvgIpc) is 2.92. The third-order valence-electron chi connectivity index (χ3n) is 4.01. The molecule has 122 valence electrons. The van der Waals surface area contributed by atoms with Crippen LogP contribution in [0, 0.1) is 6.92 Å². The Balaban J connectivity index is 2.04. The van der Waals surface area contributed by atoms with Crippen molar-refractivity contribution in [2.24, 2.45) is 0 Å². The van der Waals surface area contributed by atoms with E-state index in [0.717, 1.165) is 15.6 Å². The third-order valence-corrected chi connectivity index (χ3v) is 4.73. The van der Waals surface area contributed by atoms with Crippen molar-refractivity contribution in [3.63, 3.8) is 0 Å². The minimum atomic E-state index is -0.318. The Labute approximate surface area is 149 Å². The number of ether oxygens (including phenoxy) is 1. The molecule has 0 aliphatic carbocycles. The number of benzene rings is 2. The van der Waals surface area contributed by atoms with Gasteiger partial charge in [-0.15, -0.1) is 0 Å². The first-order chi connectivity index (χ1) is 11.6. The lowest BCUT2D eigenvalue weighted by atomic mass is 10.1. The van der Waals surface area contributed by atoms with E-state index >= 15 is 0 Å². The Bertz CT molecular complexity index is 924. The number of hydrogen-bond acceptors (Lipinski definition) is 2. The lowest BCUT2D eigenvalue weighted by Gasteiger charge is -2.09. The lowest BCUT2D eigenvalue weighted by Crippen LogP contribution is -2.11. The molecule has 0 aliphatic rings. The zero-order chi connectivity index (χ0) is 17.1. The Morgan fingerprint density at radius 3 is 2.62 bits per heavy atom. The molecule has 1 heterocycles. The number of aryl methyl sites for hydroxylation is 1. The third kappa shape index (κ3) is 3.29. The summed E-state index contributed by atoms with van der Waals surface area (Å²) < 4.78 is 8.01. The van der Waals surface area contributed by atoms with Crippen LogP contribution in [0.3, 0.4) is 0 Å². The fraction of sp³-hybridized carbons (Fsp3) is 0.150. The van der Waals surface area contributed by atoms with E-state index in [1.165, 1.54) is 18.1 Å². The van der Waals surface area contributed by atoms with Crippen molar-refractivity contribution < 1.29 is 9.53 Å². The van der Waals surface area contributed by atoms with Crippen LogP contribution < -0.4 is 0 Å². The highest BCUT2D eigenvalue weighted by Gasteiger charge is 2.14. The van der Waals surface area contributed by atoms with Crippen LogP contribution in [-0.2, 0) is 16.1 Å². The molecule has 0 saturated carbocycles. The standard InChI is InChI=1S/C20H18BrNO2/c1-14-12-22(19-10-6-4-8-17(14)19)13-16(20(23)24-2)11-15-7-3-5-9-18(15)21/h3-12H,13H2,1-2H3/b16-11+. The second-order valence-corrected chi connectivity index (χ2v) is 6.49. The molecule has 4 heteroatoms. The molecule has 2 aromatic carbocycles. The van der Waals surface area contributed by atoms with Gasteiger partial charge < -0.3 is 9.30 Å². The maximum Gasteiger partial charge on any atom is 0.335 e. The van der Waals surface area contributed by atoms with Crippen LogP contribution in [0.4, 0.5) is 0 Å². The molecule has 0 radical (unpaired) electrons. The van der Waals surface area contributed by atoms with Gasteiger partial charge in [0.25, 0.3) is 0 Å². The van der Waals surface area contributed by atoms with Gasteiger partial charge in [-0.1, -0.05) is 52.3 Å². The van der Waals surface area contributed by atoms with Gasteiger partial charge in [-0.25, -0.2) is 4.79 Å². The van der Waals surface area contributed by atoms with E-state index in [9.17, 15) is 4.79 Å². The summed E-state index contributed by atoms with van der Waals surface area (Å²) >= 11 is 3.52. The molecule has 0 aliphatic heterocycles. The maximum absolute atomic E-state index is 12.3. The predicted molar refractivity (Wildman–Crippen MR) is 101 cm³/mol. The number of carbonyl (C=O) groups excluding carboxylic acids is 1. The van der Waals surface area contributed by atoms with Crippen LogP contribution in [0.1, 0.15) is 11.1 Å². The monoisotopic (exact) mass is 383 g/mol. The normalized spacial score (nSPS) is 11.7. The molecule has 0 bridgehead atoms. The number of fused-ring (bicyclic) bond motifs is 1. The van der Waals surface area contributed by atoms with E-state index in [-0.39, 0.29) is 5.97 Å². The summed E-state index contributed by atoms with van der Waals surface area (Å²) in [6, 6.07) is 16.0. The summed E-state index contributed by atoms with van der Waals surface area (Å²) in [4.78, 5) is 12.3. The van der Waals surface area contributed by atoms with Gasteiger partial charge in [-0.05, 0) is 36.3 Å². The SMILES string of the molecule is COC(=O)/C(=C/c1ccccc1Br)Cn1cc(C)c2ccccc21. The fourth-order valence-corrected chi connectivity index (χ4v) is 3.22. The molecular formula is C20H18BrNO2. The number of halogens is 1. The minimum Gasteiger partial charge on any atom is -0.466 e. The zero-order valence-corrected chi connectivity index (χ0v) is 15.2. The van der Waals surface area contributed by atoms with Gasteiger partial charge in [0, 0.05) is 21.6 Å². The summed E-state index contributed by atoms with van der Waals surface area (Å²) in [5, 5.41) is 1.20. The summed E-state index contributed by atoms with van der Waals surface area (Å²) in [6.45, 7) is 2.54. The number of hydrogen-bond donors (Lipinski definition) is 0. The van der Waals surface area contributed by atoms with E-state index in [2.05, 4.69) is 45.8 Å². The highest BCUT2D eigenvalue weighted by atomic mass is 79.9. The van der Waals surface area contributed by atoms with Gasteiger partial charge in [0.15, 0.2) is 0 Å². The number of methoxy groups -OCH3 is 1. The van der Waals surface area contributed by atoms with Gasteiger partial charge in [0.05, 0.1) is 19.2 Å². The molecule has 3 aromatic rings. The van der Waals surface area contributed by atoms with Crippen LogP contribution in [0.2, 0.25) is 0 Å². The first-order valence-electron chi connectivity index (χ1n) is 7.68. The molecule has 0 atom stereocenters. The molecule has 1 aromatic heterocycles. The van der Waals surface area contributed by atoms with E-state index < -0.39 is 0 Å². The minimum absolute atomic E-state index is 0.318. The van der Waals surface area contributed by atoms with Crippen molar-refractivity contribution in [3.8, 4) is 0 Å². The Morgan fingerprint density at radius 2 is 1.88 bits per heavy atom. The van der Waals surface area contributed by atoms with Crippen LogP contribution in [0.15, 0.2) is 64.8 Å². The summed E-state index contributed by atoms with van der Waals surface area (Å²) in [7, 11) is 1.41. The van der Waals surface area contributed by atoms with E-state index in [0.29, 0.717) is 12.1 Å². The number of rotatable bonds is 4. The second kappa shape index (κ2) is 7.05. The molecule has 0 fully saturated rings. The van der Waals surface area contributed by atoms with Crippen LogP contribution in [-0.4, -0.2) is 17.6 Å². The smallest absolute Gasteiger partial charge is 0.335 e. The molecule has 0 saturated heterocycles. The van der Waals surface area contributed by atoms with E-state index in [1.54, 1.807) is 0 Å². The number of nitrogens with zero attached hydrogens (tertiary/aromatic N) is 1. The summed E-state index contributed by atoms with van der Waals surface area (Å²) in [5.74, 6) is -0.318. The molecule has 24 heavy (non-hydrogen) atoms. The largest absolute Gasteiger partial charge is 0.466 e. The highest BCUT2D eigenvalue weighted by molar-refractivity contribution is 9.10. The van der Waals surface area contributed by atoms with Gasteiger partial charge in [0.1, 0.15) is 0 Å². The van der Waals surface area contributed by atoms with Gasteiger partial charge in [-0.3, -0.25) is 0 Å². The Hall–Kier alpha value is -2.33. The van der Waals surface area contributed by atoms with E-state index in [1.807, 2.05) is 42.5 Å². The molecule has 0 amide bonds. The number of carbonyl (C=O) groups is 1. The molecule has 3 nitrogen and oxygen atoms in total. The van der Waals surface area contributed by atoms with Crippen LogP contribution >= 0.6 is 15.9 Å². The van der Waals surface area contributed by atoms with Crippen molar-refractivity contribution in [1.29, 1.82) is 0 Å². The van der Waals surface area contributed by atoms with E-state index in [4.69, 9.17) is 4.74 Å². The van der Waals surface area contributed by atoms with Crippen molar-refractivity contribution in [2.75, 3.05) is 7.11 Å². The number of aromatic nitrogens is 1. The highest BCUT2D eigenvalue weighted by Crippen LogP contribution is 2.24. The maximum atomic E-state index is 12.3. The first kappa shape index (κ1) is 16.5. The van der Waals surface area contributed by atoms with Crippen molar-refractivity contribution in [3.05, 3.63) is 75.9 Å². The van der Waals surface area contributed by atoms with Gasteiger partial charge in [-0.2, -0.15) is 0 Å². The van der Waals surface area contributed by atoms with Crippen molar-refractivity contribution in [1.82, 2.24) is 4.57 Å².